The summed E-state index contributed by atoms with van der Waals surface area (Å²) in [5.41, 5.74) is 0.623. The first-order valence-corrected chi connectivity index (χ1v) is 10.5. The molecule has 31 heavy (non-hydrogen) atoms. The van der Waals surface area contributed by atoms with Crippen LogP contribution in [0.1, 0.15) is 5.56 Å². The Labute approximate surface area is 183 Å². The Morgan fingerprint density at radius 2 is 1.61 bits per heavy atom. The molecule has 0 saturated carbocycles. The van der Waals surface area contributed by atoms with Gasteiger partial charge in [-0.15, -0.1) is 0 Å². The summed E-state index contributed by atoms with van der Waals surface area (Å²) < 4.78 is 42.7. The van der Waals surface area contributed by atoms with E-state index in [4.69, 9.17) is 15.8 Å². The number of nitrogens with zero attached hydrogens (tertiary/aromatic N) is 1. The fourth-order valence-electron chi connectivity index (χ4n) is 2.44. The van der Waals surface area contributed by atoms with E-state index in [9.17, 15) is 22.9 Å². The third-order valence-electron chi connectivity index (χ3n) is 3.97. The smallest absolute Gasteiger partial charge is 0.339 e. The van der Waals surface area contributed by atoms with Crippen LogP contribution >= 0.6 is 11.6 Å². The summed E-state index contributed by atoms with van der Waals surface area (Å²) in [6.45, 7) is 0. The van der Waals surface area contributed by atoms with Crippen molar-refractivity contribution in [2.45, 2.75) is 4.90 Å². The van der Waals surface area contributed by atoms with Crippen LogP contribution in [0.2, 0.25) is 5.02 Å². The second kappa shape index (κ2) is 9.43. The van der Waals surface area contributed by atoms with E-state index in [-0.39, 0.29) is 16.2 Å². The first-order chi connectivity index (χ1) is 14.8. The maximum Gasteiger partial charge on any atom is 0.339 e. The Balaban J connectivity index is 1.72. The van der Waals surface area contributed by atoms with Gasteiger partial charge in [0.2, 0.25) is 0 Å². The summed E-state index contributed by atoms with van der Waals surface area (Å²) in [6.07, 6.45) is 1.33. The molecule has 3 rings (SSSR count). The molecule has 1 N–H and O–H groups in total. The van der Waals surface area contributed by atoms with Crippen LogP contribution in [0.25, 0.3) is 6.08 Å². The molecule has 3 aromatic carbocycles. The van der Waals surface area contributed by atoms with Crippen molar-refractivity contribution >= 4 is 39.4 Å². The number of carbonyl (C=O) groups excluding carboxylic acids is 1. The highest BCUT2D eigenvalue weighted by Crippen LogP contribution is 2.21. The summed E-state index contributed by atoms with van der Waals surface area (Å²) in [5, 5.41) is 12.2. The number of rotatable bonds is 6. The van der Waals surface area contributed by atoms with Crippen LogP contribution in [-0.4, -0.2) is 14.3 Å². The number of anilines is 1. The van der Waals surface area contributed by atoms with Crippen LogP contribution in [0.15, 0.2) is 83.3 Å². The summed E-state index contributed by atoms with van der Waals surface area (Å²) >= 11 is 5.76. The van der Waals surface area contributed by atoms with Gasteiger partial charge in [0.1, 0.15) is 28.1 Å². The lowest BCUT2D eigenvalue weighted by atomic mass is 10.1. The van der Waals surface area contributed by atoms with Gasteiger partial charge in [-0.2, -0.15) is 13.7 Å². The molecule has 0 radical (unpaired) electrons. The van der Waals surface area contributed by atoms with Gasteiger partial charge in [-0.3, -0.25) is 4.79 Å². The first kappa shape index (κ1) is 22.0. The van der Waals surface area contributed by atoms with Crippen molar-refractivity contribution < 1.29 is 21.8 Å². The molecule has 3 aromatic rings. The Kier molecular flexibility index (Phi) is 6.70. The number of halogens is 2. The molecule has 0 bridgehead atoms. The molecule has 0 atom stereocenters. The maximum atomic E-state index is 13.0. The summed E-state index contributed by atoms with van der Waals surface area (Å²) in [5.74, 6) is -1.06. The zero-order chi connectivity index (χ0) is 22.4. The van der Waals surface area contributed by atoms with E-state index in [1.165, 1.54) is 78.9 Å². The summed E-state index contributed by atoms with van der Waals surface area (Å²) in [7, 11) is -4.04. The molecule has 9 heteroatoms. The second-order valence-electron chi connectivity index (χ2n) is 6.19. The minimum absolute atomic E-state index is 0.0508. The number of hydrogen-bond acceptors (Lipinski definition) is 5. The van der Waals surface area contributed by atoms with Crippen LogP contribution in [0.4, 0.5) is 10.1 Å². The lowest BCUT2D eigenvalue weighted by Gasteiger charge is -2.07. The monoisotopic (exact) mass is 456 g/mol. The Morgan fingerprint density at radius 1 is 1.00 bits per heavy atom. The second-order valence-corrected chi connectivity index (χ2v) is 8.17. The third kappa shape index (κ3) is 5.92. The summed E-state index contributed by atoms with van der Waals surface area (Å²) in [4.78, 5) is 12.2. The largest absolute Gasteiger partial charge is 0.379 e. The van der Waals surface area contributed by atoms with Gasteiger partial charge in [-0.05, 0) is 72.3 Å². The number of hydrogen-bond donors (Lipinski definition) is 1. The number of carbonyl (C=O) groups is 1. The molecule has 0 spiro atoms. The minimum atomic E-state index is -4.04. The van der Waals surface area contributed by atoms with E-state index >= 15 is 0 Å². The van der Waals surface area contributed by atoms with Crippen LogP contribution in [0.5, 0.6) is 5.75 Å². The average Bonchev–Trinajstić information content (AvgIpc) is 2.75. The van der Waals surface area contributed by atoms with Gasteiger partial charge in [0.05, 0.1) is 0 Å². The molecule has 6 nitrogen and oxygen atoms in total. The number of amides is 1. The van der Waals surface area contributed by atoms with Crippen molar-refractivity contribution in [2.24, 2.45) is 0 Å². The van der Waals surface area contributed by atoms with Crippen molar-refractivity contribution in [3.8, 4) is 11.8 Å². The van der Waals surface area contributed by atoms with Crippen LogP contribution < -0.4 is 9.50 Å². The fourth-order valence-corrected chi connectivity index (χ4v) is 3.50. The molecule has 0 heterocycles. The van der Waals surface area contributed by atoms with E-state index in [1.54, 1.807) is 6.07 Å². The molecule has 0 unspecified atom stereocenters. The molecule has 0 aromatic heterocycles. The van der Waals surface area contributed by atoms with Crippen LogP contribution in [0, 0.1) is 17.1 Å². The van der Waals surface area contributed by atoms with Gasteiger partial charge in [-0.1, -0.05) is 23.7 Å². The molecule has 0 fully saturated rings. The number of nitrogens with one attached hydrogen (secondary N) is 1. The van der Waals surface area contributed by atoms with Gasteiger partial charge in [-0.25, -0.2) is 4.39 Å². The van der Waals surface area contributed by atoms with Gasteiger partial charge < -0.3 is 9.50 Å². The van der Waals surface area contributed by atoms with Crippen LogP contribution in [-0.2, 0) is 14.9 Å². The lowest BCUT2D eigenvalue weighted by molar-refractivity contribution is -0.112. The highest BCUT2D eigenvalue weighted by Gasteiger charge is 2.16. The zero-order valence-corrected chi connectivity index (χ0v) is 17.3. The van der Waals surface area contributed by atoms with E-state index in [0.717, 1.165) is 0 Å². The van der Waals surface area contributed by atoms with Gasteiger partial charge in [0.25, 0.3) is 5.91 Å². The molecule has 0 aliphatic heterocycles. The van der Waals surface area contributed by atoms with Crippen LogP contribution in [0.3, 0.4) is 0 Å². The molecule has 1 amide bonds. The molecule has 0 saturated heterocycles. The maximum absolute atomic E-state index is 13.0. The average molecular weight is 457 g/mol. The highest BCUT2D eigenvalue weighted by molar-refractivity contribution is 7.87. The summed E-state index contributed by atoms with van der Waals surface area (Å²) in [6, 6.07) is 18.2. The van der Waals surface area contributed by atoms with Gasteiger partial charge in [0.15, 0.2) is 0 Å². The molecular weight excluding hydrogens is 443 g/mol. The highest BCUT2D eigenvalue weighted by atomic mass is 35.5. The Morgan fingerprint density at radius 3 is 2.19 bits per heavy atom. The van der Waals surface area contributed by atoms with E-state index in [0.29, 0.717) is 16.3 Å². The fraction of sp³-hybridized carbons (Fsp3) is 0. The topological polar surface area (TPSA) is 96.3 Å². The molecular formula is C22H14ClFN2O4S. The SMILES string of the molecule is N#C/C(=C\c1ccc(OS(=O)(=O)c2ccc(Cl)cc2)cc1)C(=O)Nc1ccc(F)cc1. The normalized spacial score (nSPS) is 11.5. The van der Waals surface area contributed by atoms with Crippen molar-refractivity contribution in [3.63, 3.8) is 0 Å². The Hall–Kier alpha value is -3.67. The quantitative estimate of drug-likeness (QED) is 0.327. The Bertz CT molecular complexity index is 1270. The van der Waals surface area contributed by atoms with Crippen molar-refractivity contribution in [1.82, 2.24) is 0 Å². The van der Waals surface area contributed by atoms with E-state index < -0.39 is 21.8 Å². The van der Waals surface area contributed by atoms with Crippen molar-refractivity contribution in [3.05, 3.63) is 94.8 Å². The molecule has 0 aliphatic rings. The number of benzene rings is 3. The van der Waals surface area contributed by atoms with Crippen molar-refractivity contribution in [2.75, 3.05) is 5.32 Å². The molecule has 0 aliphatic carbocycles. The zero-order valence-electron chi connectivity index (χ0n) is 15.7. The van der Waals surface area contributed by atoms with E-state index in [1.807, 2.05) is 0 Å². The van der Waals surface area contributed by atoms with Crippen molar-refractivity contribution in [1.29, 1.82) is 5.26 Å². The third-order valence-corrected chi connectivity index (χ3v) is 5.48. The predicted octanol–water partition coefficient (Wildman–Crippen LogP) is 4.79. The molecule has 156 valence electrons. The standard InChI is InChI=1S/C22H14ClFN2O4S/c23-17-3-11-21(12-4-17)31(28,29)30-20-9-1-15(2-10-20)13-16(14-25)22(27)26-19-7-5-18(24)6-8-19/h1-13H,(H,26,27)/b16-13+. The lowest BCUT2D eigenvalue weighted by Crippen LogP contribution is -2.13. The van der Waals surface area contributed by atoms with Gasteiger partial charge in [0, 0.05) is 10.7 Å². The number of nitriles is 1. The minimum Gasteiger partial charge on any atom is -0.379 e. The van der Waals surface area contributed by atoms with Gasteiger partial charge >= 0.3 is 10.1 Å². The first-order valence-electron chi connectivity index (χ1n) is 8.76. The van der Waals surface area contributed by atoms with E-state index in [2.05, 4.69) is 5.32 Å². The predicted molar refractivity (Wildman–Crippen MR) is 114 cm³/mol.